The van der Waals surface area contributed by atoms with Gasteiger partial charge in [-0.05, 0) is 37.6 Å². The maximum absolute atomic E-state index is 12.2. The third-order valence-corrected chi connectivity index (χ3v) is 4.57. The largest absolute Gasteiger partial charge is 0.506 e. The monoisotopic (exact) mass is 327 g/mol. The Labute approximate surface area is 140 Å². The van der Waals surface area contributed by atoms with Crippen molar-refractivity contribution in [2.45, 2.75) is 32.2 Å². The number of phenolic OH excluding ortho intramolecular Hbond substituents is 1. The maximum atomic E-state index is 12.2. The summed E-state index contributed by atoms with van der Waals surface area (Å²) in [4.78, 5) is 26.2. The highest BCUT2D eigenvalue weighted by atomic mass is 16.5. The van der Waals surface area contributed by atoms with Crippen LogP contribution in [0.2, 0.25) is 0 Å². The van der Waals surface area contributed by atoms with Crippen LogP contribution in [0.5, 0.6) is 5.75 Å². The quantitative estimate of drug-likeness (QED) is 0.880. The maximum Gasteiger partial charge on any atom is 0.342 e. The number of nitrogens with zero attached hydrogens (tertiary/aromatic N) is 1. The highest BCUT2D eigenvalue weighted by molar-refractivity contribution is 6.01. The molecule has 0 unspecified atom stereocenters. The Balaban J connectivity index is 1.69. The average molecular weight is 327 g/mol. The van der Waals surface area contributed by atoms with Crippen molar-refractivity contribution >= 4 is 22.6 Å². The zero-order valence-corrected chi connectivity index (χ0v) is 13.7. The number of benzene rings is 2. The Hall–Kier alpha value is -2.56. The van der Waals surface area contributed by atoms with E-state index >= 15 is 0 Å². The smallest absolute Gasteiger partial charge is 0.342 e. The molecule has 0 radical (unpaired) electrons. The molecule has 5 heteroatoms. The highest BCUT2D eigenvalue weighted by Crippen LogP contribution is 2.29. The van der Waals surface area contributed by atoms with Crippen molar-refractivity contribution in [3.8, 4) is 5.75 Å². The molecule has 0 bridgehead atoms. The minimum Gasteiger partial charge on any atom is -0.506 e. The molecule has 1 amide bonds. The standard InChI is InChI=1S/C19H21NO4/c1-13-6-4-5-11-20(13)17(21)12-24-19(23)16-10-9-14-7-2-3-8-15(14)18(16)22/h2-3,7-10,13,22H,4-6,11-12H2,1H3/t13-/m1/s1. The van der Waals surface area contributed by atoms with Crippen LogP contribution in [0.1, 0.15) is 36.5 Å². The van der Waals surface area contributed by atoms with Gasteiger partial charge in [0.2, 0.25) is 0 Å². The number of ether oxygens (including phenoxy) is 1. The number of carbonyl (C=O) groups is 2. The number of hydrogen-bond acceptors (Lipinski definition) is 4. The average Bonchev–Trinajstić information content (AvgIpc) is 2.60. The molecule has 1 aliphatic heterocycles. The fourth-order valence-corrected chi connectivity index (χ4v) is 3.18. The Kier molecular flexibility index (Phi) is 4.69. The normalized spacial score (nSPS) is 17.7. The van der Waals surface area contributed by atoms with E-state index in [1.807, 2.05) is 19.1 Å². The van der Waals surface area contributed by atoms with E-state index in [4.69, 9.17) is 4.74 Å². The van der Waals surface area contributed by atoms with Gasteiger partial charge in [-0.1, -0.05) is 30.3 Å². The summed E-state index contributed by atoms with van der Waals surface area (Å²) >= 11 is 0. The summed E-state index contributed by atoms with van der Waals surface area (Å²) in [6.07, 6.45) is 3.08. The van der Waals surface area contributed by atoms with E-state index < -0.39 is 5.97 Å². The fourth-order valence-electron chi connectivity index (χ4n) is 3.18. The molecular formula is C19H21NO4. The van der Waals surface area contributed by atoms with E-state index in [1.165, 1.54) is 6.07 Å². The number of phenols is 1. The Bertz CT molecular complexity index is 771. The van der Waals surface area contributed by atoms with Crippen molar-refractivity contribution in [1.82, 2.24) is 4.90 Å². The number of fused-ring (bicyclic) bond motifs is 1. The van der Waals surface area contributed by atoms with E-state index in [0.29, 0.717) is 11.9 Å². The van der Waals surface area contributed by atoms with Crippen LogP contribution in [0.25, 0.3) is 10.8 Å². The highest BCUT2D eigenvalue weighted by Gasteiger charge is 2.24. The number of rotatable bonds is 3. The summed E-state index contributed by atoms with van der Waals surface area (Å²) in [6, 6.07) is 10.7. The molecule has 5 nitrogen and oxygen atoms in total. The van der Waals surface area contributed by atoms with E-state index in [2.05, 4.69) is 0 Å². The molecule has 1 aliphatic rings. The molecule has 1 N–H and O–H groups in total. The second-order valence-electron chi connectivity index (χ2n) is 6.19. The van der Waals surface area contributed by atoms with E-state index in [9.17, 15) is 14.7 Å². The van der Waals surface area contributed by atoms with Crippen LogP contribution in [-0.2, 0) is 9.53 Å². The molecule has 1 heterocycles. The Morgan fingerprint density at radius 2 is 2.00 bits per heavy atom. The first kappa shape index (κ1) is 16.3. The summed E-state index contributed by atoms with van der Waals surface area (Å²) in [6.45, 7) is 2.42. The number of esters is 1. The van der Waals surface area contributed by atoms with Crippen molar-refractivity contribution in [2.24, 2.45) is 0 Å². The minimum atomic E-state index is -0.684. The zero-order valence-electron chi connectivity index (χ0n) is 13.7. The van der Waals surface area contributed by atoms with Crippen LogP contribution in [0.4, 0.5) is 0 Å². The van der Waals surface area contributed by atoms with Crippen LogP contribution >= 0.6 is 0 Å². The molecule has 1 saturated heterocycles. The van der Waals surface area contributed by atoms with Crippen molar-refractivity contribution < 1.29 is 19.4 Å². The Morgan fingerprint density at radius 1 is 1.21 bits per heavy atom. The SMILES string of the molecule is C[C@@H]1CCCCN1C(=O)COC(=O)c1ccc2ccccc2c1O. The lowest BCUT2D eigenvalue weighted by molar-refractivity contribution is -0.137. The lowest BCUT2D eigenvalue weighted by Crippen LogP contribution is -2.44. The van der Waals surface area contributed by atoms with Gasteiger partial charge in [-0.2, -0.15) is 0 Å². The van der Waals surface area contributed by atoms with Crippen molar-refractivity contribution in [3.63, 3.8) is 0 Å². The number of carbonyl (C=O) groups excluding carboxylic acids is 2. The van der Waals surface area contributed by atoms with Crippen LogP contribution in [-0.4, -0.2) is 41.1 Å². The van der Waals surface area contributed by atoms with E-state index in [-0.39, 0.29) is 29.9 Å². The number of hydrogen-bond donors (Lipinski definition) is 1. The second-order valence-corrected chi connectivity index (χ2v) is 6.19. The lowest BCUT2D eigenvalue weighted by Gasteiger charge is -2.33. The molecule has 126 valence electrons. The molecule has 0 aromatic heterocycles. The van der Waals surface area contributed by atoms with Crippen LogP contribution in [0, 0.1) is 0 Å². The van der Waals surface area contributed by atoms with Gasteiger partial charge < -0.3 is 14.7 Å². The van der Waals surface area contributed by atoms with Gasteiger partial charge >= 0.3 is 5.97 Å². The third-order valence-electron chi connectivity index (χ3n) is 4.57. The first-order valence-electron chi connectivity index (χ1n) is 8.25. The molecular weight excluding hydrogens is 306 g/mol. The van der Waals surface area contributed by atoms with Crippen molar-refractivity contribution in [1.29, 1.82) is 0 Å². The lowest BCUT2D eigenvalue weighted by atomic mass is 10.0. The molecule has 0 saturated carbocycles. The van der Waals surface area contributed by atoms with Gasteiger partial charge in [0, 0.05) is 18.0 Å². The van der Waals surface area contributed by atoms with E-state index in [1.54, 1.807) is 23.1 Å². The molecule has 2 aromatic rings. The van der Waals surface area contributed by atoms with Gasteiger partial charge in [0.05, 0.1) is 0 Å². The topological polar surface area (TPSA) is 66.8 Å². The summed E-state index contributed by atoms with van der Waals surface area (Å²) in [5, 5.41) is 11.7. The van der Waals surface area contributed by atoms with Gasteiger partial charge in [0.1, 0.15) is 11.3 Å². The Morgan fingerprint density at radius 3 is 2.79 bits per heavy atom. The van der Waals surface area contributed by atoms with Crippen molar-refractivity contribution in [2.75, 3.05) is 13.2 Å². The molecule has 3 rings (SSSR count). The van der Waals surface area contributed by atoms with E-state index in [0.717, 1.165) is 24.6 Å². The predicted octanol–water partition coefficient (Wildman–Crippen LogP) is 3.10. The molecule has 24 heavy (non-hydrogen) atoms. The summed E-state index contributed by atoms with van der Waals surface area (Å²) < 4.78 is 5.13. The first-order chi connectivity index (χ1) is 11.6. The molecule has 0 spiro atoms. The van der Waals surface area contributed by atoms with Gasteiger partial charge in [0.15, 0.2) is 6.61 Å². The van der Waals surface area contributed by atoms with Gasteiger partial charge in [-0.3, -0.25) is 4.79 Å². The van der Waals surface area contributed by atoms with Crippen LogP contribution in [0.3, 0.4) is 0 Å². The predicted molar refractivity (Wildman–Crippen MR) is 90.9 cm³/mol. The summed E-state index contributed by atoms with van der Waals surface area (Å²) in [5.74, 6) is -0.982. The molecule has 1 atom stereocenters. The van der Waals surface area contributed by atoms with Crippen LogP contribution in [0.15, 0.2) is 36.4 Å². The van der Waals surface area contributed by atoms with Crippen LogP contribution < -0.4 is 0 Å². The summed E-state index contributed by atoms with van der Waals surface area (Å²) in [5.41, 5.74) is 0.0770. The fraction of sp³-hybridized carbons (Fsp3) is 0.368. The van der Waals surface area contributed by atoms with Gasteiger partial charge in [-0.25, -0.2) is 4.79 Å². The number of piperidine rings is 1. The number of aromatic hydroxyl groups is 1. The number of amides is 1. The van der Waals surface area contributed by atoms with Crippen molar-refractivity contribution in [3.05, 3.63) is 42.0 Å². The number of likely N-dealkylation sites (tertiary alicyclic amines) is 1. The van der Waals surface area contributed by atoms with Gasteiger partial charge in [-0.15, -0.1) is 0 Å². The molecule has 2 aromatic carbocycles. The molecule has 0 aliphatic carbocycles. The first-order valence-corrected chi connectivity index (χ1v) is 8.25. The second kappa shape index (κ2) is 6.91. The third kappa shape index (κ3) is 3.20. The summed E-state index contributed by atoms with van der Waals surface area (Å²) in [7, 11) is 0. The zero-order chi connectivity index (χ0) is 17.1. The molecule has 1 fully saturated rings. The minimum absolute atomic E-state index is 0.0770. The van der Waals surface area contributed by atoms with Gasteiger partial charge in [0.25, 0.3) is 5.91 Å².